The Hall–Kier alpha value is -5.93. The minimum Gasteiger partial charge on any atom is -0.208 e. The molecule has 0 fully saturated rings. The Balaban J connectivity index is 1.24. The van der Waals surface area contributed by atoms with Gasteiger partial charge in [-0.05, 0) is 62.0 Å². The van der Waals surface area contributed by atoms with Crippen molar-refractivity contribution in [1.29, 1.82) is 0 Å². The van der Waals surface area contributed by atoms with E-state index >= 15 is 0 Å². The maximum absolute atomic E-state index is 5.02. The molecule has 0 bridgehead atoms. The lowest BCUT2D eigenvalue weighted by Gasteiger charge is -2.11. The van der Waals surface area contributed by atoms with E-state index in [2.05, 4.69) is 152 Å². The van der Waals surface area contributed by atoms with Crippen LogP contribution in [0.15, 0.2) is 164 Å². The van der Waals surface area contributed by atoms with E-state index in [-0.39, 0.29) is 0 Å². The van der Waals surface area contributed by atoms with E-state index in [4.69, 9.17) is 15.0 Å². The molecule has 0 unspecified atom stereocenters. The quantitative estimate of drug-likeness (QED) is 0.210. The van der Waals surface area contributed by atoms with Crippen molar-refractivity contribution >= 4 is 21.5 Å². The summed E-state index contributed by atoms with van der Waals surface area (Å²) in [7, 11) is 0. The first-order valence-corrected chi connectivity index (χ1v) is 14.8. The highest BCUT2D eigenvalue weighted by Gasteiger charge is 2.14. The minimum absolute atomic E-state index is 0.650. The molecular formula is C41H27N3. The van der Waals surface area contributed by atoms with Gasteiger partial charge in [0.05, 0.1) is 0 Å². The third kappa shape index (κ3) is 5.01. The van der Waals surface area contributed by atoms with Crippen LogP contribution in [0.1, 0.15) is 0 Å². The van der Waals surface area contributed by atoms with Crippen molar-refractivity contribution in [1.82, 2.24) is 15.0 Å². The third-order valence-corrected chi connectivity index (χ3v) is 8.10. The second-order valence-electron chi connectivity index (χ2n) is 11.0. The summed E-state index contributed by atoms with van der Waals surface area (Å²) >= 11 is 0. The lowest BCUT2D eigenvalue weighted by atomic mass is 10.00. The summed E-state index contributed by atoms with van der Waals surface area (Å²) < 4.78 is 0. The Labute approximate surface area is 256 Å². The van der Waals surface area contributed by atoms with Gasteiger partial charge in [0.2, 0.25) is 0 Å². The van der Waals surface area contributed by atoms with E-state index in [1.54, 1.807) is 0 Å². The smallest absolute Gasteiger partial charge is 0.164 e. The maximum Gasteiger partial charge on any atom is 0.164 e. The molecule has 0 aliphatic heterocycles. The molecule has 8 aromatic rings. The highest BCUT2D eigenvalue weighted by atomic mass is 15.0. The molecular weight excluding hydrogens is 534 g/mol. The average molecular weight is 562 g/mol. The van der Waals surface area contributed by atoms with Crippen molar-refractivity contribution in [3.8, 4) is 56.4 Å². The van der Waals surface area contributed by atoms with Crippen LogP contribution >= 0.6 is 0 Å². The van der Waals surface area contributed by atoms with Crippen molar-refractivity contribution in [2.45, 2.75) is 0 Å². The monoisotopic (exact) mass is 561 g/mol. The van der Waals surface area contributed by atoms with Crippen molar-refractivity contribution < 1.29 is 0 Å². The summed E-state index contributed by atoms with van der Waals surface area (Å²) in [5.74, 6) is 1.96. The molecule has 0 N–H and O–H groups in total. The van der Waals surface area contributed by atoms with Gasteiger partial charge in [0.25, 0.3) is 0 Å². The summed E-state index contributed by atoms with van der Waals surface area (Å²) in [5, 5.41) is 4.66. The Morgan fingerprint density at radius 2 is 0.568 bits per heavy atom. The molecule has 44 heavy (non-hydrogen) atoms. The summed E-state index contributed by atoms with van der Waals surface area (Å²) in [6, 6.07) is 57.1. The topological polar surface area (TPSA) is 38.7 Å². The van der Waals surface area contributed by atoms with E-state index in [9.17, 15) is 0 Å². The van der Waals surface area contributed by atoms with Crippen LogP contribution in [-0.4, -0.2) is 15.0 Å². The number of hydrogen-bond donors (Lipinski definition) is 0. The molecule has 0 saturated carbocycles. The molecule has 206 valence electrons. The third-order valence-electron chi connectivity index (χ3n) is 8.10. The number of aromatic nitrogens is 3. The maximum atomic E-state index is 5.02. The van der Waals surface area contributed by atoms with Gasteiger partial charge in [0.1, 0.15) is 0 Å². The van der Waals surface area contributed by atoms with Gasteiger partial charge in [0, 0.05) is 16.7 Å². The lowest BCUT2D eigenvalue weighted by molar-refractivity contribution is 1.08. The molecule has 0 saturated heterocycles. The zero-order valence-corrected chi connectivity index (χ0v) is 23.9. The Morgan fingerprint density at radius 1 is 0.227 bits per heavy atom. The molecule has 0 aliphatic carbocycles. The minimum atomic E-state index is 0.650. The van der Waals surface area contributed by atoms with Crippen molar-refractivity contribution in [3.63, 3.8) is 0 Å². The van der Waals surface area contributed by atoms with E-state index in [0.717, 1.165) is 33.0 Å². The van der Waals surface area contributed by atoms with Crippen LogP contribution in [0.2, 0.25) is 0 Å². The van der Waals surface area contributed by atoms with E-state index in [1.165, 1.54) is 27.5 Å². The predicted octanol–water partition coefficient (Wildman–Crippen LogP) is 10.5. The summed E-state index contributed by atoms with van der Waals surface area (Å²) in [6.45, 7) is 0. The molecule has 0 spiro atoms. The molecule has 7 aromatic carbocycles. The van der Waals surface area contributed by atoms with Gasteiger partial charge in [-0.25, -0.2) is 15.0 Å². The largest absolute Gasteiger partial charge is 0.208 e. The van der Waals surface area contributed by atoms with Gasteiger partial charge >= 0.3 is 0 Å². The van der Waals surface area contributed by atoms with Gasteiger partial charge in [-0.1, -0.05) is 146 Å². The molecule has 0 amide bonds. The second kappa shape index (κ2) is 11.0. The number of nitrogens with zero attached hydrogens (tertiary/aromatic N) is 3. The van der Waals surface area contributed by atoms with Crippen LogP contribution in [0.5, 0.6) is 0 Å². The lowest BCUT2D eigenvalue weighted by Crippen LogP contribution is -2.00. The molecule has 3 heteroatoms. The highest BCUT2D eigenvalue weighted by Crippen LogP contribution is 2.31. The van der Waals surface area contributed by atoms with Crippen LogP contribution in [0, 0.1) is 0 Å². The van der Waals surface area contributed by atoms with Gasteiger partial charge in [0.15, 0.2) is 17.5 Å². The molecule has 8 rings (SSSR count). The van der Waals surface area contributed by atoms with Crippen molar-refractivity contribution in [2.24, 2.45) is 0 Å². The molecule has 1 aromatic heterocycles. The molecule has 0 radical (unpaired) electrons. The fourth-order valence-corrected chi connectivity index (χ4v) is 5.73. The average Bonchev–Trinajstić information content (AvgIpc) is 3.11. The first kappa shape index (κ1) is 25.8. The van der Waals surface area contributed by atoms with Gasteiger partial charge < -0.3 is 0 Å². The van der Waals surface area contributed by atoms with Crippen LogP contribution in [0.3, 0.4) is 0 Å². The van der Waals surface area contributed by atoms with Crippen molar-refractivity contribution in [2.75, 3.05) is 0 Å². The Morgan fingerprint density at radius 3 is 1.16 bits per heavy atom. The first-order valence-electron chi connectivity index (χ1n) is 14.8. The number of hydrogen-bond acceptors (Lipinski definition) is 3. The molecule has 0 aliphatic rings. The van der Waals surface area contributed by atoms with Crippen LogP contribution in [0.25, 0.3) is 78.0 Å². The zero-order valence-electron chi connectivity index (χ0n) is 23.9. The summed E-state index contributed by atoms with van der Waals surface area (Å²) in [5.41, 5.74) is 7.61. The van der Waals surface area contributed by atoms with Crippen LogP contribution < -0.4 is 0 Å². The standard InChI is InChI=1S/C41H27N3/c1-3-9-28(10-4-1)31-15-18-32(19-16-31)39-42-40(37-23-17-30-13-7-8-14-33(30)26-37)44-41(43-39)38-24-22-35-25-34(20-21-36(35)27-38)29-11-5-2-6-12-29/h1-27H. The second-order valence-corrected chi connectivity index (χ2v) is 11.0. The molecule has 3 nitrogen and oxygen atoms in total. The fraction of sp³-hybridized carbons (Fsp3) is 0. The Kier molecular flexibility index (Phi) is 6.47. The van der Waals surface area contributed by atoms with E-state index in [1.807, 2.05) is 12.1 Å². The van der Waals surface area contributed by atoms with E-state index < -0.39 is 0 Å². The number of fused-ring (bicyclic) bond motifs is 2. The number of rotatable bonds is 5. The molecule has 0 atom stereocenters. The normalized spacial score (nSPS) is 11.2. The van der Waals surface area contributed by atoms with Gasteiger partial charge in [-0.2, -0.15) is 0 Å². The van der Waals surface area contributed by atoms with Crippen molar-refractivity contribution in [3.05, 3.63) is 164 Å². The number of benzene rings is 7. The van der Waals surface area contributed by atoms with E-state index in [0.29, 0.717) is 17.5 Å². The van der Waals surface area contributed by atoms with Crippen LogP contribution in [0.4, 0.5) is 0 Å². The SMILES string of the molecule is c1ccc(-c2ccc(-c3nc(-c4ccc5ccccc5c4)nc(-c4ccc5cc(-c6ccccc6)ccc5c4)n3)cc2)cc1. The van der Waals surface area contributed by atoms with Gasteiger partial charge in [-0.3, -0.25) is 0 Å². The summed E-state index contributed by atoms with van der Waals surface area (Å²) in [4.78, 5) is 15.0. The summed E-state index contributed by atoms with van der Waals surface area (Å²) in [6.07, 6.45) is 0. The van der Waals surface area contributed by atoms with Crippen LogP contribution in [-0.2, 0) is 0 Å². The van der Waals surface area contributed by atoms with Gasteiger partial charge in [-0.15, -0.1) is 0 Å². The predicted molar refractivity (Wildman–Crippen MR) is 182 cm³/mol. The molecule has 1 heterocycles. The Bertz CT molecular complexity index is 2260. The zero-order chi connectivity index (χ0) is 29.3. The fourth-order valence-electron chi connectivity index (χ4n) is 5.73. The first-order chi connectivity index (χ1) is 21.8. The highest BCUT2D eigenvalue weighted by molar-refractivity contribution is 5.91.